The Balaban J connectivity index is 3.65. The van der Waals surface area contributed by atoms with E-state index in [0.717, 1.165) is 0 Å². The Hall–Kier alpha value is -0.130. The highest BCUT2D eigenvalue weighted by molar-refractivity contribution is 7.86. The molecule has 0 unspecified atom stereocenters. The van der Waals surface area contributed by atoms with E-state index in [0.29, 0.717) is 0 Å². The van der Waals surface area contributed by atoms with E-state index in [-0.39, 0.29) is 19.0 Å². The lowest BCUT2D eigenvalue weighted by atomic mass is 10.9. The van der Waals surface area contributed by atoms with Gasteiger partial charge in [-0.15, -0.1) is 0 Å². The summed E-state index contributed by atoms with van der Waals surface area (Å²) in [5.74, 6) is -0.0721. The van der Waals surface area contributed by atoms with Gasteiger partial charge in [0.25, 0.3) is 10.1 Å². The Bertz CT molecular complexity index is 160. The van der Waals surface area contributed by atoms with Crippen molar-refractivity contribution >= 4 is 10.1 Å². The van der Waals surface area contributed by atoms with Crippen molar-refractivity contribution in [2.75, 3.05) is 26.1 Å². The summed E-state index contributed by atoms with van der Waals surface area (Å²) >= 11 is 0. The third kappa shape index (κ3) is 4.72. The first kappa shape index (κ1) is 9.87. The molecule has 5 heteroatoms. The average molecular weight is 168 g/mol. The summed E-state index contributed by atoms with van der Waals surface area (Å²) in [5, 5.41) is 0. The molecule has 0 fully saturated rings. The van der Waals surface area contributed by atoms with E-state index in [1.165, 1.54) is 7.11 Å². The maximum absolute atomic E-state index is 10.7. The molecule has 0 aliphatic carbocycles. The molecule has 0 spiro atoms. The molecular weight excluding hydrogens is 156 g/mol. The number of hydrogen-bond donors (Lipinski definition) is 0. The first-order chi connectivity index (χ1) is 4.62. The number of hydrogen-bond acceptors (Lipinski definition) is 4. The van der Waals surface area contributed by atoms with Gasteiger partial charge in [-0.05, 0) is 6.92 Å². The number of methoxy groups -OCH3 is 1. The molecule has 0 bridgehead atoms. The lowest BCUT2D eigenvalue weighted by Crippen LogP contribution is -2.14. The second-order valence-electron chi connectivity index (χ2n) is 1.66. The largest absolute Gasteiger partial charge is 0.384 e. The molecule has 0 rings (SSSR count). The first-order valence-electron chi connectivity index (χ1n) is 2.98. The minimum Gasteiger partial charge on any atom is -0.384 e. The Labute approximate surface area is 61.3 Å². The molecule has 10 heavy (non-hydrogen) atoms. The lowest BCUT2D eigenvalue weighted by Gasteiger charge is -2.00. The first-order valence-corrected chi connectivity index (χ1v) is 4.56. The van der Waals surface area contributed by atoms with Crippen LogP contribution in [0.2, 0.25) is 0 Å². The number of rotatable bonds is 5. The van der Waals surface area contributed by atoms with E-state index < -0.39 is 10.1 Å². The summed E-state index contributed by atoms with van der Waals surface area (Å²) in [6, 6.07) is 0. The maximum atomic E-state index is 10.7. The Kier molecular flexibility index (Phi) is 4.59. The molecule has 0 aliphatic heterocycles. The fourth-order valence-electron chi connectivity index (χ4n) is 0.424. The van der Waals surface area contributed by atoms with Gasteiger partial charge in [0.05, 0.1) is 19.0 Å². The van der Waals surface area contributed by atoms with Gasteiger partial charge in [0.1, 0.15) is 0 Å². The minimum atomic E-state index is -3.32. The predicted octanol–water partition coefficient (Wildman–Crippen LogP) is -0.000900. The van der Waals surface area contributed by atoms with Crippen molar-refractivity contribution in [1.29, 1.82) is 0 Å². The van der Waals surface area contributed by atoms with E-state index >= 15 is 0 Å². The van der Waals surface area contributed by atoms with E-state index in [4.69, 9.17) is 0 Å². The summed E-state index contributed by atoms with van der Waals surface area (Å²) in [7, 11) is -1.87. The lowest BCUT2D eigenvalue weighted by molar-refractivity contribution is 0.213. The Morgan fingerprint density at radius 1 is 1.40 bits per heavy atom. The van der Waals surface area contributed by atoms with E-state index in [1.54, 1.807) is 6.92 Å². The molecule has 0 heterocycles. The molecule has 0 aromatic carbocycles. The normalized spacial score (nSPS) is 11.8. The van der Waals surface area contributed by atoms with Gasteiger partial charge in [-0.25, -0.2) is 0 Å². The summed E-state index contributed by atoms with van der Waals surface area (Å²) < 4.78 is 30.4. The highest BCUT2D eigenvalue weighted by Crippen LogP contribution is 1.91. The minimum absolute atomic E-state index is 0.0721. The molecule has 62 valence electrons. The van der Waals surface area contributed by atoms with E-state index in [1.807, 2.05) is 0 Å². The van der Waals surface area contributed by atoms with Crippen molar-refractivity contribution in [3.05, 3.63) is 0 Å². The SMILES string of the molecule is CCOS(=O)(=O)CCOC. The molecule has 0 N–H and O–H groups in total. The average Bonchev–Trinajstić information content (AvgIpc) is 1.84. The number of ether oxygens (including phenoxy) is 1. The predicted molar refractivity (Wildman–Crippen MR) is 37.3 cm³/mol. The molecule has 0 radical (unpaired) electrons. The van der Waals surface area contributed by atoms with Crippen LogP contribution in [0.25, 0.3) is 0 Å². The van der Waals surface area contributed by atoms with Gasteiger partial charge in [0, 0.05) is 7.11 Å². The zero-order chi connectivity index (χ0) is 8.04. The van der Waals surface area contributed by atoms with Gasteiger partial charge in [-0.3, -0.25) is 4.18 Å². The van der Waals surface area contributed by atoms with Crippen molar-refractivity contribution in [2.24, 2.45) is 0 Å². The van der Waals surface area contributed by atoms with Crippen LogP contribution >= 0.6 is 0 Å². The molecule has 0 atom stereocenters. The highest BCUT2D eigenvalue weighted by atomic mass is 32.2. The maximum Gasteiger partial charge on any atom is 0.269 e. The summed E-state index contributed by atoms with van der Waals surface area (Å²) in [6.45, 7) is 2.00. The van der Waals surface area contributed by atoms with Crippen LogP contribution in [0, 0.1) is 0 Å². The summed E-state index contributed by atoms with van der Waals surface area (Å²) in [5.41, 5.74) is 0. The summed E-state index contributed by atoms with van der Waals surface area (Å²) in [6.07, 6.45) is 0. The van der Waals surface area contributed by atoms with Crippen molar-refractivity contribution in [3.8, 4) is 0 Å². The van der Waals surface area contributed by atoms with Gasteiger partial charge in [0.2, 0.25) is 0 Å². The van der Waals surface area contributed by atoms with Crippen LogP contribution in [0.1, 0.15) is 6.92 Å². The third-order valence-electron chi connectivity index (χ3n) is 0.835. The topological polar surface area (TPSA) is 52.6 Å². The molecule has 0 aromatic heterocycles. The quantitative estimate of drug-likeness (QED) is 0.542. The Morgan fingerprint density at radius 3 is 2.40 bits per heavy atom. The molecule has 0 aromatic rings. The smallest absolute Gasteiger partial charge is 0.269 e. The zero-order valence-corrected chi connectivity index (χ0v) is 6.98. The monoisotopic (exact) mass is 168 g/mol. The molecule has 0 amide bonds. The highest BCUT2D eigenvalue weighted by Gasteiger charge is 2.07. The third-order valence-corrected chi connectivity index (χ3v) is 2.10. The fourth-order valence-corrected chi connectivity index (χ4v) is 1.27. The van der Waals surface area contributed by atoms with Crippen LogP contribution in [0.4, 0.5) is 0 Å². The second-order valence-corrected chi connectivity index (χ2v) is 3.42. The van der Waals surface area contributed by atoms with Crippen molar-refractivity contribution < 1.29 is 17.3 Å². The Morgan fingerprint density at radius 2 is 2.00 bits per heavy atom. The van der Waals surface area contributed by atoms with Gasteiger partial charge < -0.3 is 4.74 Å². The van der Waals surface area contributed by atoms with Crippen LogP contribution in [-0.2, 0) is 19.0 Å². The second kappa shape index (κ2) is 4.65. The van der Waals surface area contributed by atoms with Gasteiger partial charge in [-0.1, -0.05) is 0 Å². The van der Waals surface area contributed by atoms with Gasteiger partial charge in [0.15, 0.2) is 0 Å². The van der Waals surface area contributed by atoms with Crippen LogP contribution in [0.15, 0.2) is 0 Å². The fraction of sp³-hybridized carbons (Fsp3) is 1.00. The van der Waals surface area contributed by atoms with Gasteiger partial charge >= 0.3 is 0 Å². The molecule has 0 saturated heterocycles. The van der Waals surface area contributed by atoms with Crippen LogP contribution in [0.5, 0.6) is 0 Å². The molecule has 0 saturated carbocycles. The van der Waals surface area contributed by atoms with Crippen LogP contribution < -0.4 is 0 Å². The van der Waals surface area contributed by atoms with Crippen molar-refractivity contribution in [2.45, 2.75) is 6.92 Å². The summed E-state index contributed by atoms with van der Waals surface area (Å²) in [4.78, 5) is 0. The molecule has 0 aliphatic rings. The van der Waals surface area contributed by atoms with Crippen LogP contribution in [-0.4, -0.2) is 34.5 Å². The molecule has 4 nitrogen and oxygen atoms in total. The van der Waals surface area contributed by atoms with Crippen molar-refractivity contribution in [3.63, 3.8) is 0 Å². The van der Waals surface area contributed by atoms with Crippen molar-refractivity contribution in [1.82, 2.24) is 0 Å². The van der Waals surface area contributed by atoms with E-state index in [2.05, 4.69) is 8.92 Å². The standard InChI is InChI=1S/C5H12O4S/c1-3-9-10(6,7)5-4-8-2/h3-5H2,1-2H3. The molecular formula is C5H12O4S. The van der Waals surface area contributed by atoms with Crippen LogP contribution in [0.3, 0.4) is 0 Å². The van der Waals surface area contributed by atoms with Gasteiger partial charge in [-0.2, -0.15) is 8.42 Å². The van der Waals surface area contributed by atoms with E-state index in [9.17, 15) is 8.42 Å². The zero-order valence-electron chi connectivity index (χ0n) is 6.16.